The maximum absolute atomic E-state index is 5.29. The molecule has 0 saturated heterocycles. The van der Waals surface area contributed by atoms with Crippen LogP contribution in [0.2, 0.25) is 0 Å². The van der Waals surface area contributed by atoms with E-state index < -0.39 is 0 Å². The molecule has 15 heavy (non-hydrogen) atoms. The quantitative estimate of drug-likeness (QED) is 0.645. The van der Waals surface area contributed by atoms with Crippen LogP contribution in [-0.2, 0) is 12.0 Å². The first-order chi connectivity index (χ1) is 6.96. The molecule has 0 spiro atoms. The van der Waals surface area contributed by atoms with Crippen LogP contribution in [0.25, 0.3) is 0 Å². The van der Waals surface area contributed by atoms with Crippen molar-refractivity contribution in [2.75, 3.05) is 12.0 Å². The van der Waals surface area contributed by atoms with Gasteiger partial charge in [-0.25, -0.2) is 0 Å². The van der Waals surface area contributed by atoms with Gasteiger partial charge in [-0.2, -0.15) is 11.8 Å². The molecule has 0 bridgehead atoms. The zero-order valence-electron chi connectivity index (χ0n) is 9.96. The lowest BCUT2D eigenvalue weighted by molar-refractivity contribution is 0.511. The molecule has 1 aromatic heterocycles. The van der Waals surface area contributed by atoms with E-state index in [4.69, 9.17) is 12.2 Å². The fraction of sp³-hybridized carbons (Fsp3) is 0.727. The molecule has 0 saturated carbocycles. The third-order valence-electron chi connectivity index (χ3n) is 2.37. The Hall–Kier alpha value is -0.220. The average Bonchev–Trinajstić information content (AvgIpc) is 2.48. The Labute approximate surface area is 101 Å². The van der Waals surface area contributed by atoms with E-state index in [0.717, 1.165) is 11.3 Å². The zero-order valence-corrected chi connectivity index (χ0v) is 11.6. The van der Waals surface area contributed by atoms with Gasteiger partial charge in [0.15, 0.2) is 4.77 Å². The molecule has 1 heterocycles. The van der Waals surface area contributed by atoms with Gasteiger partial charge >= 0.3 is 0 Å². The normalized spacial score (nSPS) is 12.0. The predicted octanol–water partition coefficient (Wildman–Crippen LogP) is 3.60. The first-order valence-electron chi connectivity index (χ1n) is 5.24. The van der Waals surface area contributed by atoms with Gasteiger partial charge in [-0.1, -0.05) is 20.8 Å². The van der Waals surface area contributed by atoms with Crippen molar-refractivity contribution in [3.63, 3.8) is 0 Å². The van der Waals surface area contributed by atoms with Crippen LogP contribution < -0.4 is 0 Å². The molecule has 0 atom stereocenters. The Bertz CT molecular complexity index is 357. The van der Waals surface area contributed by atoms with Gasteiger partial charge in [0.05, 0.1) is 0 Å². The van der Waals surface area contributed by atoms with Gasteiger partial charge in [-0.05, 0) is 30.6 Å². The van der Waals surface area contributed by atoms with Crippen molar-refractivity contribution < 1.29 is 0 Å². The summed E-state index contributed by atoms with van der Waals surface area (Å²) in [7, 11) is 0. The molecule has 0 unspecified atom stereocenters. The summed E-state index contributed by atoms with van der Waals surface area (Å²) in [6, 6.07) is 0. The Balaban J connectivity index is 2.85. The van der Waals surface area contributed by atoms with Crippen molar-refractivity contribution in [3.05, 3.63) is 16.7 Å². The van der Waals surface area contributed by atoms with Crippen molar-refractivity contribution in [2.45, 2.75) is 39.2 Å². The highest BCUT2D eigenvalue weighted by Crippen LogP contribution is 2.22. The minimum Gasteiger partial charge on any atom is -0.337 e. The molecule has 4 heteroatoms. The minimum absolute atomic E-state index is 0.160. The summed E-state index contributed by atoms with van der Waals surface area (Å²) >= 11 is 7.18. The molecule has 0 aliphatic carbocycles. The molecule has 1 rings (SSSR count). The fourth-order valence-corrected chi connectivity index (χ4v) is 2.27. The van der Waals surface area contributed by atoms with Crippen LogP contribution in [0.4, 0.5) is 0 Å². The lowest BCUT2D eigenvalue weighted by atomic mass is 9.92. The predicted molar refractivity (Wildman–Crippen MR) is 71.3 cm³/mol. The number of aromatic nitrogens is 2. The molecular weight excluding hydrogens is 224 g/mol. The summed E-state index contributed by atoms with van der Waals surface area (Å²) in [6.45, 7) is 7.68. The third-order valence-corrected chi connectivity index (χ3v) is 3.40. The molecule has 1 aromatic rings. The molecule has 0 aliphatic rings. The molecule has 1 N–H and O–H groups in total. The maximum Gasteiger partial charge on any atom is 0.177 e. The van der Waals surface area contributed by atoms with Gasteiger partial charge in [0.1, 0.15) is 0 Å². The summed E-state index contributed by atoms with van der Waals surface area (Å²) in [5.74, 6) is 1.19. The maximum atomic E-state index is 5.29. The minimum atomic E-state index is 0.160. The Kier molecular flexibility index (Phi) is 4.46. The third kappa shape index (κ3) is 3.38. The standard InChI is InChI=1S/C11H20N2S2/c1-11(2,3)9-8-12-10(14)13(9)6-5-7-15-4/h8H,5-7H2,1-4H3,(H,12,14). The second kappa shape index (κ2) is 5.21. The van der Waals surface area contributed by atoms with Gasteiger partial charge in [0, 0.05) is 23.9 Å². The second-order valence-corrected chi connectivity index (χ2v) is 6.10. The lowest BCUT2D eigenvalue weighted by Crippen LogP contribution is -2.18. The Morgan fingerprint density at radius 1 is 1.47 bits per heavy atom. The van der Waals surface area contributed by atoms with Crippen molar-refractivity contribution in [3.8, 4) is 0 Å². The van der Waals surface area contributed by atoms with E-state index in [1.165, 1.54) is 17.9 Å². The SMILES string of the molecule is CSCCCn1c(C(C)(C)C)c[nH]c1=S. The molecule has 2 nitrogen and oxygen atoms in total. The van der Waals surface area contributed by atoms with Gasteiger partial charge in [0.25, 0.3) is 0 Å². The molecule has 0 aromatic carbocycles. The number of thioether (sulfide) groups is 1. The van der Waals surface area contributed by atoms with Crippen LogP contribution >= 0.6 is 24.0 Å². The summed E-state index contributed by atoms with van der Waals surface area (Å²) in [5.41, 5.74) is 1.46. The number of H-pyrrole nitrogens is 1. The summed E-state index contributed by atoms with van der Waals surface area (Å²) in [5, 5.41) is 0. The molecule has 0 fully saturated rings. The van der Waals surface area contributed by atoms with Gasteiger partial charge < -0.3 is 9.55 Å². The van der Waals surface area contributed by atoms with Crippen LogP contribution in [0.3, 0.4) is 0 Å². The van der Waals surface area contributed by atoms with E-state index in [9.17, 15) is 0 Å². The van der Waals surface area contributed by atoms with E-state index in [1.807, 2.05) is 18.0 Å². The zero-order chi connectivity index (χ0) is 11.5. The highest BCUT2D eigenvalue weighted by atomic mass is 32.2. The Morgan fingerprint density at radius 3 is 2.67 bits per heavy atom. The van der Waals surface area contributed by atoms with Gasteiger partial charge in [0.2, 0.25) is 0 Å². The first-order valence-corrected chi connectivity index (χ1v) is 7.04. The number of rotatable bonds is 4. The average molecular weight is 244 g/mol. The van der Waals surface area contributed by atoms with Crippen LogP contribution in [0.1, 0.15) is 32.9 Å². The van der Waals surface area contributed by atoms with Crippen LogP contribution in [0.15, 0.2) is 6.20 Å². The molecule has 86 valence electrons. The monoisotopic (exact) mass is 244 g/mol. The van der Waals surface area contributed by atoms with Crippen LogP contribution in [-0.4, -0.2) is 21.6 Å². The van der Waals surface area contributed by atoms with Crippen molar-refractivity contribution >= 4 is 24.0 Å². The largest absolute Gasteiger partial charge is 0.337 e. The molecular formula is C11H20N2S2. The smallest absolute Gasteiger partial charge is 0.177 e. The summed E-state index contributed by atoms with van der Waals surface area (Å²) < 4.78 is 3.08. The number of nitrogens with one attached hydrogen (secondary N) is 1. The fourth-order valence-electron chi connectivity index (χ4n) is 1.61. The van der Waals surface area contributed by atoms with Crippen molar-refractivity contribution in [2.24, 2.45) is 0 Å². The number of nitrogens with zero attached hydrogens (tertiary/aromatic N) is 1. The van der Waals surface area contributed by atoms with Gasteiger partial charge in [-0.15, -0.1) is 0 Å². The number of imidazole rings is 1. The van der Waals surface area contributed by atoms with Crippen molar-refractivity contribution in [1.82, 2.24) is 9.55 Å². The van der Waals surface area contributed by atoms with Gasteiger partial charge in [-0.3, -0.25) is 0 Å². The lowest BCUT2D eigenvalue weighted by Gasteiger charge is -2.20. The summed E-state index contributed by atoms with van der Waals surface area (Å²) in [4.78, 5) is 3.14. The molecule has 0 radical (unpaired) electrons. The molecule has 0 amide bonds. The van der Waals surface area contributed by atoms with E-state index in [-0.39, 0.29) is 5.41 Å². The number of aromatic amines is 1. The second-order valence-electron chi connectivity index (χ2n) is 4.73. The molecule has 0 aliphatic heterocycles. The Morgan fingerprint density at radius 2 is 2.13 bits per heavy atom. The van der Waals surface area contributed by atoms with Crippen molar-refractivity contribution in [1.29, 1.82) is 0 Å². The van der Waals surface area contributed by atoms with E-state index in [2.05, 4.69) is 36.6 Å². The van der Waals surface area contributed by atoms with E-state index in [0.29, 0.717) is 0 Å². The van der Waals surface area contributed by atoms with E-state index >= 15 is 0 Å². The summed E-state index contributed by atoms with van der Waals surface area (Å²) in [6.07, 6.45) is 5.36. The highest BCUT2D eigenvalue weighted by molar-refractivity contribution is 7.98. The van der Waals surface area contributed by atoms with Crippen LogP contribution in [0.5, 0.6) is 0 Å². The van der Waals surface area contributed by atoms with Crippen LogP contribution in [0, 0.1) is 4.77 Å². The highest BCUT2D eigenvalue weighted by Gasteiger charge is 2.18. The number of hydrogen-bond donors (Lipinski definition) is 1. The van der Waals surface area contributed by atoms with E-state index in [1.54, 1.807) is 0 Å². The number of hydrogen-bond acceptors (Lipinski definition) is 2. The topological polar surface area (TPSA) is 20.7 Å². The first kappa shape index (κ1) is 12.8.